The zero-order valence-corrected chi connectivity index (χ0v) is 13.0. The van der Waals surface area contributed by atoms with Gasteiger partial charge >= 0.3 is 0 Å². The Morgan fingerprint density at radius 1 is 1.21 bits per heavy atom. The topological polar surface area (TPSA) is 38.0 Å². The summed E-state index contributed by atoms with van der Waals surface area (Å²) in [5.41, 5.74) is 8.75. The molecule has 0 saturated carbocycles. The van der Waals surface area contributed by atoms with Gasteiger partial charge in [-0.2, -0.15) is 0 Å². The minimum Gasteiger partial charge on any atom is -0.328 e. The molecule has 0 aliphatic carbocycles. The van der Waals surface area contributed by atoms with Crippen LogP contribution in [0, 0.1) is 0 Å². The maximum absolute atomic E-state index is 5.75. The van der Waals surface area contributed by atoms with Gasteiger partial charge in [-0.25, -0.2) is 0 Å². The quantitative estimate of drug-likeness (QED) is 0.706. The molecule has 3 N–H and O–H groups in total. The molecule has 0 aromatic heterocycles. The predicted octanol–water partition coefficient (Wildman–Crippen LogP) is 3.24. The Bertz CT molecular complexity index is 352. The largest absolute Gasteiger partial charge is 0.328 e. The molecule has 1 aromatic carbocycles. The zero-order valence-electron chi connectivity index (χ0n) is 13.0. The van der Waals surface area contributed by atoms with Crippen LogP contribution in [-0.4, -0.2) is 19.1 Å². The van der Waals surface area contributed by atoms with Gasteiger partial charge in [-0.15, -0.1) is 0 Å². The van der Waals surface area contributed by atoms with Crippen molar-refractivity contribution in [3.8, 4) is 0 Å². The van der Waals surface area contributed by atoms with Crippen molar-refractivity contribution in [1.82, 2.24) is 5.32 Å². The molecule has 0 heterocycles. The summed E-state index contributed by atoms with van der Waals surface area (Å²) in [4.78, 5) is 0. The van der Waals surface area contributed by atoms with Crippen molar-refractivity contribution in [2.24, 2.45) is 5.73 Å². The molecule has 1 atom stereocenters. The number of hydrogen-bond donors (Lipinski definition) is 2. The first-order valence-corrected chi connectivity index (χ1v) is 7.51. The second kappa shape index (κ2) is 7.66. The van der Waals surface area contributed by atoms with E-state index in [0.29, 0.717) is 6.04 Å². The van der Waals surface area contributed by atoms with Crippen molar-refractivity contribution in [3.05, 3.63) is 35.4 Å². The van der Waals surface area contributed by atoms with E-state index >= 15 is 0 Å². The molecule has 1 aromatic rings. The molecule has 19 heavy (non-hydrogen) atoms. The van der Waals surface area contributed by atoms with Crippen molar-refractivity contribution in [3.63, 3.8) is 0 Å². The van der Waals surface area contributed by atoms with Gasteiger partial charge in [0.15, 0.2) is 0 Å². The Labute approximate surface area is 118 Å². The lowest BCUT2D eigenvalue weighted by Crippen LogP contribution is -2.33. The van der Waals surface area contributed by atoms with Gasteiger partial charge in [0, 0.05) is 18.0 Å². The van der Waals surface area contributed by atoms with Crippen molar-refractivity contribution >= 4 is 0 Å². The fourth-order valence-electron chi connectivity index (χ4n) is 2.24. The second-order valence-electron chi connectivity index (χ2n) is 6.23. The van der Waals surface area contributed by atoms with Crippen LogP contribution in [0.5, 0.6) is 0 Å². The predicted molar refractivity (Wildman–Crippen MR) is 84.6 cm³/mol. The molecule has 0 spiro atoms. The number of aryl methyl sites for hydroxylation is 1. The summed E-state index contributed by atoms with van der Waals surface area (Å²) < 4.78 is 0. The van der Waals surface area contributed by atoms with Gasteiger partial charge < -0.3 is 11.1 Å². The number of rotatable bonds is 8. The summed E-state index contributed by atoms with van der Waals surface area (Å²) in [5.74, 6) is 0. The van der Waals surface area contributed by atoms with E-state index < -0.39 is 0 Å². The van der Waals surface area contributed by atoms with E-state index in [1.165, 1.54) is 11.1 Å². The summed E-state index contributed by atoms with van der Waals surface area (Å²) in [7, 11) is 0. The number of hydrogen-bond acceptors (Lipinski definition) is 2. The highest BCUT2D eigenvalue weighted by molar-refractivity contribution is 5.28. The average molecular weight is 262 g/mol. The van der Waals surface area contributed by atoms with E-state index in [0.717, 1.165) is 32.4 Å². The van der Waals surface area contributed by atoms with Gasteiger partial charge in [-0.05, 0) is 43.9 Å². The minimum atomic E-state index is 0.181. The van der Waals surface area contributed by atoms with Gasteiger partial charge in [-0.1, -0.05) is 45.0 Å². The van der Waals surface area contributed by atoms with Crippen LogP contribution < -0.4 is 11.1 Å². The highest BCUT2D eigenvalue weighted by atomic mass is 14.9. The van der Waals surface area contributed by atoms with Crippen LogP contribution in [0.25, 0.3) is 0 Å². The second-order valence-corrected chi connectivity index (χ2v) is 6.23. The van der Waals surface area contributed by atoms with Crippen LogP contribution in [0.15, 0.2) is 24.3 Å². The number of nitrogens with two attached hydrogens (primary N) is 1. The lowest BCUT2D eigenvalue weighted by molar-refractivity contribution is 0.458. The fourth-order valence-corrected chi connectivity index (χ4v) is 2.24. The molecule has 0 amide bonds. The third-order valence-corrected chi connectivity index (χ3v) is 3.72. The highest BCUT2D eigenvalue weighted by Crippen LogP contribution is 2.22. The molecule has 0 fully saturated rings. The summed E-state index contributed by atoms with van der Waals surface area (Å²) in [5, 5.41) is 3.55. The van der Waals surface area contributed by atoms with Crippen molar-refractivity contribution in [1.29, 1.82) is 0 Å². The van der Waals surface area contributed by atoms with Gasteiger partial charge in [-0.3, -0.25) is 0 Å². The molecule has 108 valence electrons. The maximum Gasteiger partial charge on any atom is 0.00431 e. The van der Waals surface area contributed by atoms with E-state index in [1.54, 1.807) is 0 Å². The van der Waals surface area contributed by atoms with E-state index in [4.69, 9.17) is 5.73 Å². The zero-order chi connectivity index (χ0) is 14.3. The van der Waals surface area contributed by atoms with Gasteiger partial charge in [0.05, 0.1) is 0 Å². The molecule has 0 bridgehead atoms. The monoisotopic (exact) mass is 262 g/mol. The highest BCUT2D eigenvalue weighted by Gasteiger charge is 2.19. The van der Waals surface area contributed by atoms with Gasteiger partial charge in [0.1, 0.15) is 0 Å². The summed E-state index contributed by atoms with van der Waals surface area (Å²) in [6.45, 7) is 10.9. The number of nitrogens with one attached hydrogen (secondary N) is 1. The van der Waals surface area contributed by atoms with Gasteiger partial charge in [0.2, 0.25) is 0 Å². The smallest absolute Gasteiger partial charge is 0.00431 e. The first kappa shape index (κ1) is 16.2. The van der Waals surface area contributed by atoms with Crippen LogP contribution in [0.2, 0.25) is 0 Å². The van der Waals surface area contributed by atoms with Crippen LogP contribution >= 0.6 is 0 Å². The molecular weight excluding hydrogens is 232 g/mol. The first-order valence-electron chi connectivity index (χ1n) is 7.51. The van der Waals surface area contributed by atoms with Crippen molar-refractivity contribution in [2.45, 2.75) is 58.4 Å². The molecule has 0 radical (unpaired) electrons. The molecule has 0 saturated heterocycles. The SMILES string of the molecule is CCc1ccc(C(C)(C)CNCCCC(C)N)cc1. The normalized spacial score (nSPS) is 13.5. The maximum atomic E-state index is 5.75. The van der Waals surface area contributed by atoms with E-state index in [2.05, 4.69) is 57.3 Å². The molecule has 0 aliphatic rings. The lowest BCUT2D eigenvalue weighted by Gasteiger charge is -2.26. The van der Waals surface area contributed by atoms with E-state index in [9.17, 15) is 0 Å². The Hall–Kier alpha value is -0.860. The van der Waals surface area contributed by atoms with Gasteiger partial charge in [0.25, 0.3) is 0 Å². The van der Waals surface area contributed by atoms with E-state index in [1.807, 2.05) is 0 Å². The molecule has 2 nitrogen and oxygen atoms in total. The van der Waals surface area contributed by atoms with E-state index in [-0.39, 0.29) is 5.41 Å². The standard InChI is InChI=1S/C17H30N2/c1-5-15-8-10-16(11-9-15)17(3,4)13-19-12-6-7-14(2)18/h8-11,14,19H,5-7,12-13,18H2,1-4H3. The van der Waals surface area contributed by atoms with Crippen LogP contribution in [-0.2, 0) is 11.8 Å². The summed E-state index contributed by atoms with van der Waals surface area (Å²) in [6, 6.07) is 9.34. The molecular formula is C17H30N2. The van der Waals surface area contributed by atoms with Crippen LogP contribution in [0.1, 0.15) is 51.7 Å². The van der Waals surface area contributed by atoms with Crippen molar-refractivity contribution in [2.75, 3.05) is 13.1 Å². The first-order chi connectivity index (χ1) is 8.95. The fraction of sp³-hybridized carbons (Fsp3) is 0.647. The third-order valence-electron chi connectivity index (χ3n) is 3.72. The Kier molecular flexibility index (Phi) is 6.53. The summed E-state index contributed by atoms with van der Waals surface area (Å²) >= 11 is 0. The molecule has 1 rings (SSSR count). The van der Waals surface area contributed by atoms with Crippen LogP contribution in [0.4, 0.5) is 0 Å². The lowest BCUT2D eigenvalue weighted by atomic mass is 9.84. The van der Waals surface area contributed by atoms with Crippen molar-refractivity contribution < 1.29 is 0 Å². The Morgan fingerprint density at radius 2 is 1.84 bits per heavy atom. The Morgan fingerprint density at radius 3 is 2.37 bits per heavy atom. The number of benzene rings is 1. The minimum absolute atomic E-state index is 0.181. The average Bonchev–Trinajstić information content (AvgIpc) is 2.38. The third kappa shape index (κ3) is 5.75. The summed E-state index contributed by atoms with van der Waals surface area (Å²) in [6.07, 6.45) is 3.36. The Balaban J connectivity index is 2.41. The van der Waals surface area contributed by atoms with Crippen LogP contribution in [0.3, 0.4) is 0 Å². The molecule has 1 unspecified atom stereocenters. The molecule has 0 aliphatic heterocycles. The molecule has 2 heteroatoms.